The van der Waals surface area contributed by atoms with Crippen LogP contribution in [0, 0.1) is 12.8 Å². The second-order valence-electron chi connectivity index (χ2n) is 6.28. The Morgan fingerprint density at radius 1 is 1.35 bits per heavy atom. The largest absolute Gasteiger partial charge is 0.393 e. The van der Waals surface area contributed by atoms with Crippen molar-refractivity contribution >= 4 is 5.91 Å². The van der Waals surface area contributed by atoms with Gasteiger partial charge in [-0.3, -0.25) is 4.79 Å². The van der Waals surface area contributed by atoms with Crippen molar-refractivity contribution in [2.45, 2.75) is 32.8 Å². The summed E-state index contributed by atoms with van der Waals surface area (Å²) >= 11 is 0. The molecule has 0 bridgehead atoms. The third kappa shape index (κ3) is 3.42. The van der Waals surface area contributed by atoms with Gasteiger partial charge in [0, 0.05) is 19.0 Å². The van der Waals surface area contributed by atoms with E-state index in [1.165, 1.54) is 5.56 Å². The van der Waals surface area contributed by atoms with Gasteiger partial charge < -0.3 is 10.0 Å². The molecule has 2 aromatic rings. The van der Waals surface area contributed by atoms with Crippen molar-refractivity contribution in [3.63, 3.8) is 0 Å². The van der Waals surface area contributed by atoms with E-state index in [0.29, 0.717) is 18.8 Å². The zero-order valence-corrected chi connectivity index (χ0v) is 13.5. The zero-order chi connectivity index (χ0) is 16.4. The molecule has 6 heteroatoms. The summed E-state index contributed by atoms with van der Waals surface area (Å²) in [5.41, 5.74) is 2.39. The highest BCUT2D eigenvalue weighted by atomic mass is 16.3. The maximum absolute atomic E-state index is 12.6. The number of aromatic nitrogens is 3. The number of piperidine rings is 1. The van der Waals surface area contributed by atoms with E-state index in [0.717, 1.165) is 18.5 Å². The van der Waals surface area contributed by atoms with Gasteiger partial charge in [0.1, 0.15) is 0 Å². The Morgan fingerprint density at radius 2 is 2.09 bits per heavy atom. The maximum atomic E-state index is 12.6. The summed E-state index contributed by atoms with van der Waals surface area (Å²) in [6.45, 7) is 5.09. The second kappa shape index (κ2) is 6.50. The number of nitrogens with zero attached hydrogens (tertiary/aromatic N) is 4. The summed E-state index contributed by atoms with van der Waals surface area (Å²) in [4.78, 5) is 14.4. The lowest BCUT2D eigenvalue weighted by Crippen LogP contribution is -2.43. The third-order valence-electron chi connectivity index (χ3n) is 4.44. The van der Waals surface area contributed by atoms with E-state index in [1.807, 2.05) is 31.2 Å². The van der Waals surface area contributed by atoms with Crippen LogP contribution in [-0.2, 0) is 0 Å². The van der Waals surface area contributed by atoms with Crippen LogP contribution in [0.25, 0.3) is 5.69 Å². The molecule has 3 rings (SSSR count). The van der Waals surface area contributed by atoms with Crippen LogP contribution in [0.3, 0.4) is 0 Å². The Morgan fingerprint density at radius 3 is 2.78 bits per heavy atom. The van der Waals surface area contributed by atoms with Crippen molar-refractivity contribution in [3.8, 4) is 5.69 Å². The molecule has 1 aromatic heterocycles. The fraction of sp³-hybridized carbons (Fsp3) is 0.471. The fourth-order valence-electron chi connectivity index (χ4n) is 2.94. The summed E-state index contributed by atoms with van der Waals surface area (Å²) in [5.74, 6) is 0.0218. The quantitative estimate of drug-likeness (QED) is 0.938. The lowest BCUT2D eigenvalue weighted by molar-refractivity contribution is 0.0461. The van der Waals surface area contributed by atoms with Gasteiger partial charge in [-0.05, 0) is 38.8 Å². The van der Waals surface area contributed by atoms with Crippen LogP contribution < -0.4 is 0 Å². The zero-order valence-electron chi connectivity index (χ0n) is 13.5. The van der Waals surface area contributed by atoms with Crippen LogP contribution in [0.4, 0.5) is 0 Å². The van der Waals surface area contributed by atoms with E-state index in [9.17, 15) is 9.90 Å². The Hall–Kier alpha value is -2.21. The molecular formula is C17H22N4O2. The number of hydrogen-bond donors (Lipinski definition) is 1. The topological polar surface area (TPSA) is 71.2 Å². The Labute approximate surface area is 135 Å². The molecule has 2 heterocycles. The van der Waals surface area contributed by atoms with Crippen LogP contribution in [0.15, 0.2) is 30.5 Å². The molecule has 2 atom stereocenters. The number of hydrogen-bond acceptors (Lipinski definition) is 4. The van der Waals surface area contributed by atoms with E-state index in [-0.39, 0.29) is 11.8 Å². The van der Waals surface area contributed by atoms with E-state index < -0.39 is 6.10 Å². The van der Waals surface area contributed by atoms with Crippen LogP contribution >= 0.6 is 0 Å². The summed E-state index contributed by atoms with van der Waals surface area (Å²) < 4.78 is 1.61. The smallest absolute Gasteiger partial charge is 0.276 e. The van der Waals surface area contributed by atoms with Crippen molar-refractivity contribution in [3.05, 3.63) is 41.7 Å². The Kier molecular flexibility index (Phi) is 4.43. The van der Waals surface area contributed by atoms with Gasteiger partial charge in [0.15, 0.2) is 5.69 Å². The van der Waals surface area contributed by atoms with Gasteiger partial charge >= 0.3 is 0 Å². The van der Waals surface area contributed by atoms with Gasteiger partial charge in [-0.25, -0.2) is 4.68 Å². The average Bonchev–Trinajstić information content (AvgIpc) is 3.05. The summed E-state index contributed by atoms with van der Waals surface area (Å²) in [6.07, 6.45) is 3.14. The van der Waals surface area contributed by atoms with E-state index in [4.69, 9.17) is 0 Å². The van der Waals surface area contributed by atoms with Gasteiger partial charge in [-0.1, -0.05) is 22.9 Å². The SMILES string of the molecule is Cc1ccc(-n2cc(C(=O)N3CCCC(C(C)O)C3)nn2)cc1. The summed E-state index contributed by atoms with van der Waals surface area (Å²) in [5, 5.41) is 17.8. The highest BCUT2D eigenvalue weighted by Crippen LogP contribution is 2.21. The van der Waals surface area contributed by atoms with E-state index in [2.05, 4.69) is 10.3 Å². The minimum Gasteiger partial charge on any atom is -0.393 e. The molecule has 0 radical (unpaired) electrons. The van der Waals surface area contributed by atoms with Gasteiger partial charge in [-0.2, -0.15) is 0 Å². The average molecular weight is 314 g/mol. The minimum atomic E-state index is -0.395. The molecule has 1 aromatic carbocycles. The fourth-order valence-corrected chi connectivity index (χ4v) is 2.94. The number of aryl methyl sites for hydroxylation is 1. The molecule has 0 aliphatic carbocycles. The number of rotatable bonds is 3. The predicted molar refractivity (Wildman–Crippen MR) is 86.4 cm³/mol. The highest BCUT2D eigenvalue weighted by molar-refractivity contribution is 5.92. The molecular weight excluding hydrogens is 292 g/mol. The van der Waals surface area contributed by atoms with Gasteiger partial charge in [0.2, 0.25) is 0 Å². The summed E-state index contributed by atoms with van der Waals surface area (Å²) in [7, 11) is 0. The molecule has 122 valence electrons. The molecule has 1 saturated heterocycles. The normalized spacial score (nSPS) is 19.6. The number of carbonyl (C=O) groups is 1. The predicted octanol–water partition coefficient (Wildman–Crippen LogP) is 1.81. The lowest BCUT2D eigenvalue weighted by Gasteiger charge is -2.33. The maximum Gasteiger partial charge on any atom is 0.276 e. The third-order valence-corrected chi connectivity index (χ3v) is 4.44. The van der Waals surface area contributed by atoms with Crippen molar-refractivity contribution in [2.75, 3.05) is 13.1 Å². The molecule has 1 fully saturated rings. The first-order valence-corrected chi connectivity index (χ1v) is 8.01. The minimum absolute atomic E-state index is 0.117. The number of likely N-dealkylation sites (tertiary alicyclic amines) is 1. The van der Waals surface area contributed by atoms with Crippen LogP contribution in [0.2, 0.25) is 0 Å². The van der Waals surface area contributed by atoms with Gasteiger partial charge in [0.05, 0.1) is 18.0 Å². The van der Waals surface area contributed by atoms with E-state index >= 15 is 0 Å². The van der Waals surface area contributed by atoms with Crippen LogP contribution in [0.1, 0.15) is 35.8 Å². The van der Waals surface area contributed by atoms with Crippen LogP contribution in [0.5, 0.6) is 0 Å². The number of benzene rings is 1. The van der Waals surface area contributed by atoms with Crippen molar-refractivity contribution < 1.29 is 9.90 Å². The Bertz CT molecular complexity index is 678. The van der Waals surface area contributed by atoms with Crippen molar-refractivity contribution in [1.82, 2.24) is 19.9 Å². The van der Waals surface area contributed by atoms with E-state index in [1.54, 1.807) is 22.7 Å². The molecule has 1 N–H and O–H groups in total. The molecule has 1 aliphatic rings. The molecule has 0 saturated carbocycles. The van der Waals surface area contributed by atoms with Crippen LogP contribution in [-0.4, -0.2) is 50.1 Å². The first-order chi connectivity index (χ1) is 11.0. The molecule has 1 aliphatic heterocycles. The standard InChI is InChI=1S/C17H22N4O2/c1-12-5-7-15(8-6-12)21-11-16(18-19-21)17(23)20-9-3-4-14(10-20)13(2)22/h5-8,11,13-14,22H,3-4,9-10H2,1-2H3. The first kappa shape index (κ1) is 15.7. The van der Waals surface area contributed by atoms with Gasteiger partial charge in [0.25, 0.3) is 5.91 Å². The lowest BCUT2D eigenvalue weighted by atomic mass is 9.93. The number of aliphatic hydroxyl groups excluding tert-OH is 1. The number of aliphatic hydroxyl groups is 1. The second-order valence-corrected chi connectivity index (χ2v) is 6.28. The molecule has 2 unspecified atom stereocenters. The molecule has 0 spiro atoms. The highest BCUT2D eigenvalue weighted by Gasteiger charge is 2.28. The molecule has 6 nitrogen and oxygen atoms in total. The van der Waals surface area contributed by atoms with Crippen molar-refractivity contribution in [2.24, 2.45) is 5.92 Å². The number of carbonyl (C=O) groups excluding carboxylic acids is 1. The monoisotopic (exact) mass is 314 g/mol. The number of amides is 1. The summed E-state index contributed by atoms with van der Waals surface area (Å²) in [6, 6.07) is 7.89. The molecule has 1 amide bonds. The first-order valence-electron chi connectivity index (χ1n) is 8.01. The molecule has 23 heavy (non-hydrogen) atoms. The van der Waals surface area contributed by atoms with Gasteiger partial charge in [-0.15, -0.1) is 5.10 Å². The Balaban J connectivity index is 1.74. The van der Waals surface area contributed by atoms with Crippen molar-refractivity contribution in [1.29, 1.82) is 0 Å².